The maximum Gasteiger partial charge on any atom is 0.254 e. The van der Waals surface area contributed by atoms with Crippen molar-refractivity contribution in [3.63, 3.8) is 0 Å². The summed E-state index contributed by atoms with van der Waals surface area (Å²) in [6, 6.07) is 6.00. The van der Waals surface area contributed by atoms with Gasteiger partial charge < -0.3 is 10.2 Å². The molecule has 1 aromatic carbocycles. The molecule has 0 aliphatic carbocycles. The maximum atomic E-state index is 12.8. The quantitative estimate of drug-likeness (QED) is 0.817. The summed E-state index contributed by atoms with van der Waals surface area (Å²) in [6.45, 7) is 15.2. The van der Waals surface area contributed by atoms with Crippen LogP contribution < -0.4 is 5.32 Å². The van der Waals surface area contributed by atoms with E-state index >= 15 is 0 Å². The van der Waals surface area contributed by atoms with Crippen LogP contribution in [0.5, 0.6) is 0 Å². The summed E-state index contributed by atoms with van der Waals surface area (Å²) >= 11 is 0. The fourth-order valence-electron chi connectivity index (χ4n) is 2.51. The number of carbonyl (C=O) groups is 1. The molecule has 0 unspecified atom stereocenters. The molecular formula is C18H30N2O. The van der Waals surface area contributed by atoms with Gasteiger partial charge in [0.05, 0.1) is 0 Å². The number of amides is 1. The third-order valence-electron chi connectivity index (χ3n) is 3.30. The zero-order valence-corrected chi connectivity index (χ0v) is 14.4. The number of anilines is 1. The highest BCUT2D eigenvalue weighted by molar-refractivity contribution is 5.96. The van der Waals surface area contributed by atoms with Crippen molar-refractivity contribution in [2.45, 2.75) is 41.5 Å². The van der Waals surface area contributed by atoms with Crippen LogP contribution >= 0.6 is 0 Å². The summed E-state index contributed by atoms with van der Waals surface area (Å²) in [5.41, 5.74) is 2.93. The van der Waals surface area contributed by atoms with Gasteiger partial charge in [-0.3, -0.25) is 4.79 Å². The first kappa shape index (κ1) is 17.5. The van der Waals surface area contributed by atoms with Crippen molar-refractivity contribution >= 4 is 11.6 Å². The predicted octanol–water partition coefficient (Wildman–Crippen LogP) is 4.18. The molecule has 0 heterocycles. The Hall–Kier alpha value is -1.51. The van der Waals surface area contributed by atoms with Crippen molar-refractivity contribution in [2.75, 3.05) is 25.0 Å². The van der Waals surface area contributed by atoms with Crippen LogP contribution in [0.25, 0.3) is 0 Å². The van der Waals surface area contributed by atoms with Gasteiger partial charge in [-0.2, -0.15) is 0 Å². The molecule has 0 aromatic heterocycles. The molecule has 118 valence electrons. The minimum atomic E-state index is 0.151. The number of nitrogens with zero attached hydrogens (tertiary/aromatic N) is 1. The number of nitrogens with one attached hydrogen (secondary N) is 1. The van der Waals surface area contributed by atoms with Gasteiger partial charge in [-0.1, -0.05) is 27.7 Å². The summed E-state index contributed by atoms with van der Waals surface area (Å²) < 4.78 is 0. The molecule has 0 saturated carbocycles. The van der Waals surface area contributed by atoms with E-state index in [2.05, 4.69) is 46.0 Å². The van der Waals surface area contributed by atoms with Gasteiger partial charge in [-0.05, 0) is 49.4 Å². The Morgan fingerprint density at radius 3 is 2.14 bits per heavy atom. The predicted molar refractivity (Wildman–Crippen MR) is 90.9 cm³/mol. The van der Waals surface area contributed by atoms with Crippen LogP contribution in [0.2, 0.25) is 0 Å². The number of hydrogen-bond donors (Lipinski definition) is 1. The molecule has 1 rings (SSSR count). The zero-order chi connectivity index (χ0) is 16.0. The Labute approximate surface area is 129 Å². The Morgan fingerprint density at radius 1 is 1.14 bits per heavy atom. The second-order valence-electron chi connectivity index (χ2n) is 6.56. The van der Waals surface area contributed by atoms with Crippen LogP contribution in [0, 0.1) is 18.8 Å². The summed E-state index contributed by atoms with van der Waals surface area (Å²) in [4.78, 5) is 14.8. The Balaban J connectivity index is 2.97. The maximum absolute atomic E-state index is 12.8. The second kappa shape index (κ2) is 8.06. The first-order chi connectivity index (χ1) is 9.85. The lowest BCUT2D eigenvalue weighted by Crippen LogP contribution is -2.37. The number of hydrogen-bond acceptors (Lipinski definition) is 2. The number of rotatable bonds is 7. The number of carbonyl (C=O) groups excluding carboxylic acids is 1. The highest BCUT2D eigenvalue weighted by atomic mass is 16.2. The van der Waals surface area contributed by atoms with Gasteiger partial charge in [0.1, 0.15) is 0 Å². The van der Waals surface area contributed by atoms with Crippen molar-refractivity contribution in [3.8, 4) is 0 Å². The molecule has 0 saturated heterocycles. The molecule has 21 heavy (non-hydrogen) atoms. The second-order valence-corrected chi connectivity index (χ2v) is 6.56. The van der Waals surface area contributed by atoms with Crippen LogP contribution in [-0.4, -0.2) is 30.4 Å². The van der Waals surface area contributed by atoms with E-state index in [4.69, 9.17) is 0 Å². The molecule has 0 bridgehead atoms. The van der Waals surface area contributed by atoms with Crippen LogP contribution in [0.15, 0.2) is 18.2 Å². The third-order valence-corrected chi connectivity index (χ3v) is 3.30. The van der Waals surface area contributed by atoms with Gasteiger partial charge in [0, 0.05) is 30.9 Å². The topological polar surface area (TPSA) is 32.3 Å². The summed E-state index contributed by atoms with van der Waals surface area (Å²) in [6.07, 6.45) is 0. The lowest BCUT2D eigenvalue weighted by molar-refractivity contribution is 0.0714. The SMILES string of the molecule is CCNc1ccc(C(=O)N(CC(C)C)CC(C)C)c(C)c1. The van der Waals surface area contributed by atoms with Crippen LogP contribution in [0.3, 0.4) is 0 Å². The van der Waals surface area contributed by atoms with E-state index in [0.717, 1.165) is 36.4 Å². The third kappa shape index (κ3) is 5.41. The van der Waals surface area contributed by atoms with E-state index in [-0.39, 0.29) is 5.91 Å². The van der Waals surface area contributed by atoms with E-state index in [1.54, 1.807) is 0 Å². The zero-order valence-electron chi connectivity index (χ0n) is 14.4. The standard InChI is InChI=1S/C18H30N2O/c1-7-19-16-8-9-17(15(6)10-16)18(21)20(11-13(2)3)12-14(4)5/h8-10,13-14,19H,7,11-12H2,1-6H3. The first-order valence-corrected chi connectivity index (χ1v) is 7.98. The highest BCUT2D eigenvalue weighted by Gasteiger charge is 2.19. The van der Waals surface area contributed by atoms with Gasteiger partial charge in [-0.15, -0.1) is 0 Å². The van der Waals surface area contributed by atoms with Gasteiger partial charge >= 0.3 is 0 Å². The lowest BCUT2D eigenvalue weighted by atomic mass is 10.0. The largest absolute Gasteiger partial charge is 0.385 e. The van der Waals surface area contributed by atoms with Gasteiger partial charge in [-0.25, -0.2) is 0 Å². The van der Waals surface area contributed by atoms with E-state index < -0.39 is 0 Å². The molecule has 0 aliphatic rings. The normalized spacial score (nSPS) is 11.0. The Kier molecular flexibility index (Phi) is 6.73. The lowest BCUT2D eigenvalue weighted by Gasteiger charge is -2.27. The molecule has 0 atom stereocenters. The minimum Gasteiger partial charge on any atom is -0.385 e. The van der Waals surface area contributed by atoms with Crippen molar-refractivity contribution < 1.29 is 4.79 Å². The molecule has 3 heteroatoms. The van der Waals surface area contributed by atoms with Gasteiger partial charge in [0.25, 0.3) is 5.91 Å². The summed E-state index contributed by atoms with van der Waals surface area (Å²) in [5, 5.41) is 3.28. The molecule has 1 N–H and O–H groups in total. The number of aryl methyl sites for hydroxylation is 1. The molecular weight excluding hydrogens is 260 g/mol. The van der Waals surface area contributed by atoms with E-state index in [1.807, 2.05) is 24.0 Å². The fourth-order valence-corrected chi connectivity index (χ4v) is 2.51. The monoisotopic (exact) mass is 290 g/mol. The summed E-state index contributed by atoms with van der Waals surface area (Å²) in [7, 11) is 0. The van der Waals surface area contributed by atoms with Crippen LogP contribution in [-0.2, 0) is 0 Å². The van der Waals surface area contributed by atoms with Crippen molar-refractivity contribution in [2.24, 2.45) is 11.8 Å². The van der Waals surface area contributed by atoms with Gasteiger partial charge in [0.15, 0.2) is 0 Å². The molecule has 1 amide bonds. The van der Waals surface area contributed by atoms with Crippen LogP contribution in [0.4, 0.5) is 5.69 Å². The molecule has 0 aliphatic heterocycles. The highest BCUT2D eigenvalue weighted by Crippen LogP contribution is 2.18. The average molecular weight is 290 g/mol. The first-order valence-electron chi connectivity index (χ1n) is 7.98. The molecule has 0 spiro atoms. The van der Waals surface area contributed by atoms with E-state index in [9.17, 15) is 4.79 Å². The molecule has 1 aromatic rings. The van der Waals surface area contributed by atoms with Gasteiger partial charge in [0.2, 0.25) is 0 Å². The van der Waals surface area contributed by atoms with E-state index in [0.29, 0.717) is 11.8 Å². The Morgan fingerprint density at radius 2 is 1.71 bits per heavy atom. The molecule has 3 nitrogen and oxygen atoms in total. The van der Waals surface area contributed by atoms with Crippen molar-refractivity contribution in [1.82, 2.24) is 4.90 Å². The molecule has 0 fully saturated rings. The average Bonchev–Trinajstić information content (AvgIpc) is 2.36. The van der Waals surface area contributed by atoms with E-state index in [1.165, 1.54) is 0 Å². The summed E-state index contributed by atoms with van der Waals surface area (Å²) in [5.74, 6) is 1.11. The minimum absolute atomic E-state index is 0.151. The fraction of sp³-hybridized carbons (Fsp3) is 0.611. The van der Waals surface area contributed by atoms with Crippen LogP contribution in [0.1, 0.15) is 50.5 Å². The smallest absolute Gasteiger partial charge is 0.254 e. The molecule has 0 radical (unpaired) electrons. The van der Waals surface area contributed by atoms with Crippen molar-refractivity contribution in [1.29, 1.82) is 0 Å². The number of benzene rings is 1. The Bertz CT molecular complexity index is 456. The van der Waals surface area contributed by atoms with Crippen molar-refractivity contribution in [3.05, 3.63) is 29.3 Å².